The summed E-state index contributed by atoms with van der Waals surface area (Å²) in [5.41, 5.74) is 0.709. The van der Waals surface area contributed by atoms with Crippen LogP contribution in [0.5, 0.6) is 23.0 Å². The van der Waals surface area contributed by atoms with Gasteiger partial charge in [0.15, 0.2) is 0 Å². The number of benzene rings is 4. The molecule has 0 bridgehead atoms. The Balaban J connectivity index is 2.07. The third-order valence-electron chi connectivity index (χ3n) is 4.29. The minimum absolute atomic E-state index is 0.0156. The molecule has 0 saturated carbocycles. The van der Waals surface area contributed by atoms with Crippen molar-refractivity contribution in [1.82, 2.24) is 0 Å². The molecule has 0 aliphatic carbocycles. The zero-order valence-corrected chi connectivity index (χ0v) is 12.6. The predicted octanol–water partition coefficient (Wildman–Crippen LogP) is 4.48. The molecule has 4 nitrogen and oxygen atoms in total. The fourth-order valence-corrected chi connectivity index (χ4v) is 3.09. The van der Waals surface area contributed by atoms with Crippen LogP contribution < -0.4 is 0 Å². The summed E-state index contributed by atoms with van der Waals surface area (Å²) in [5.74, 6) is 0.0142. The van der Waals surface area contributed by atoms with Crippen LogP contribution in [0.2, 0.25) is 0 Å². The molecule has 0 radical (unpaired) electrons. The van der Waals surface area contributed by atoms with Gasteiger partial charge in [0.05, 0.1) is 0 Å². The van der Waals surface area contributed by atoms with Crippen LogP contribution in [0.15, 0.2) is 60.7 Å². The quantitative estimate of drug-likeness (QED) is 0.390. The lowest BCUT2D eigenvalue weighted by Gasteiger charge is -2.13. The normalized spacial score (nSPS) is 11.2. The van der Waals surface area contributed by atoms with Gasteiger partial charge >= 0.3 is 0 Å². The lowest BCUT2D eigenvalue weighted by molar-refractivity contribution is 0.467. The topological polar surface area (TPSA) is 80.9 Å². The van der Waals surface area contributed by atoms with E-state index in [2.05, 4.69) is 0 Å². The number of aromatic hydroxyl groups is 4. The van der Waals surface area contributed by atoms with E-state index < -0.39 is 0 Å². The maximum absolute atomic E-state index is 10.6. The van der Waals surface area contributed by atoms with Crippen molar-refractivity contribution in [3.05, 3.63) is 60.7 Å². The second-order valence-corrected chi connectivity index (χ2v) is 5.67. The molecule has 4 heteroatoms. The van der Waals surface area contributed by atoms with E-state index in [4.69, 9.17) is 0 Å². The molecular formula is C20H14O4. The van der Waals surface area contributed by atoms with Crippen LogP contribution in [0.3, 0.4) is 0 Å². The minimum atomic E-state index is -0.0617. The van der Waals surface area contributed by atoms with E-state index in [1.165, 1.54) is 6.07 Å². The zero-order valence-electron chi connectivity index (χ0n) is 12.6. The van der Waals surface area contributed by atoms with E-state index in [1.807, 2.05) is 0 Å². The van der Waals surface area contributed by atoms with Crippen molar-refractivity contribution in [2.75, 3.05) is 0 Å². The van der Waals surface area contributed by atoms with Gasteiger partial charge in [0.2, 0.25) is 0 Å². The highest BCUT2D eigenvalue weighted by Crippen LogP contribution is 2.46. The van der Waals surface area contributed by atoms with Crippen LogP contribution in [-0.2, 0) is 0 Å². The van der Waals surface area contributed by atoms with Crippen LogP contribution in [0, 0.1) is 0 Å². The Bertz CT molecular complexity index is 1100. The molecular weight excluding hydrogens is 304 g/mol. The molecule has 24 heavy (non-hydrogen) atoms. The Labute approximate surface area is 137 Å². The largest absolute Gasteiger partial charge is 0.507 e. The van der Waals surface area contributed by atoms with Crippen LogP contribution in [0.4, 0.5) is 0 Å². The highest BCUT2D eigenvalue weighted by molar-refractivity contribution is 6.03. The lowest BCUT2D eigenvalue weighted by atomic mass is 9.95. The van der Waals surface area contributed by atoms with Gasteiger partial charge in [-0.05, 0) is 24.3 Å². The van der Waals surface area contributed by atoms with Gasteiger partial charge in [0, 0.05) is 32.7 Å². The summed E-state index contributed by atoms with van der Waals surface area (Å²) in [6.07, 6.45) is 0. The Morgan fingerprint density at radius 3 is 1.79 bits per heavy atom. The van der Waals surface area contributed by atoms with Crippen molar-refractivity contribution in [3.63, 3.8) is 0 Å². The molecule has 0 fully saturated rings. The molecule has 0 atom stereocenters. The molecule has 4 aromatic carbocycles. The molecule has 4 rings (SSSR count). The fourth-order valence-electron chi connectivity index (χ4n) is 3.09. The number of phenolic OH excluding ortho intramolecular Hbond substituents is 4. The predicted molar refractivity (Wildman–Crippen MR) is 93.5 cm³/mol. The Hall–Kier alpha value is -3.40. The van der Waals surface area contributed by atoms with E-state index >= 15 is 0 Å². The Morgan fingerprint density at radius 1 is 0.458 bits per heavy atom. The van der Waals surface area contributed by atoms with Crippen LogP contribution >= 0.6 is 0 Å². The Kier molecular flexibility index (Phi) is 3.00. The molecule has 0 aliphatic heterocycles. The molecule has 0 aromatic heterocycles. The maximum atomic E-state index is 10.6. The van der Waals surface area contributed by atoms with Gasteiger partial charge in [0.25, 0.3) is 0 Å². The maximum Gasteiger partial charge on any atom is 0.131 e. The van der Waals surface area contributed by atoms with E-state index in [9.17, 15) is 20.4 Å². The van der Waals surface area contributed by atoms with Crippen molar-refractivity contribution >= 4 is 21.5 Å². The lowest BCUT2D eigenvalue weighted by Crippen LogP contribution is -1.85. The van der Waals surface area contributed by atoms with E-state index in [0.717, 1.165) is 0 Å². The average molecular weight is 318 g/mol. The van der Waals surface area contributed by atoms with Crippen LogP contribution in [0.25, 0.3) is 32.7 Å². The van der Waals surface area contributed by atoms with Gasteiger partial charge in [0.1, 0.15) is 23.0 Å². The van der Waals surface area contributed by atoms with Crippen molar-refractivity contribution in [2.45, 2.75) is 0 Å². The van der Waals surface area contributed by atoms with E-state index in [0.29, 0.717) is 32.7 Å². The average Bonchev–Trinajstić information content (AvgIpc) is 2.60. The first kappa shape index (κ1) is 14.2. The molecule has 0 unspecified atom stereocenters. The highest BCUT2D eigenvalue weighted by atomic mass is 16.3. The number of hydrogen-bond acceptors (Lipinski definition) is 4. The minimum Gasteiger partial charge on any atom is -0.507 e. The number of fused-ring (bicyclic) bond motifs is 2. The second kappa shape index (κ2) is 5.06. The third-order valence-corrected chi connectivity index (χ3v) is 4.29. The molecule has 0 heterocycles. The van der Waals surface area contributed by atoms with Crippen LogP contribution in [0.1, 0.15) is 0 Å². The van der Waals surface area contributed by atoms with E-state index in [1.54, 1.807) is 54.6 Å². The van der Waals surface area contributed by atoms with E-state index in [-0.39, 0.29) is 23.0 Å². The molecule has 4 N–H and O–H groups in total. The molecule has 118 valence electrons. The summed E-state index contributed by atoms with van der Waals surface area (Å²) in [6.45, 7) is 0. The van der Waals surface area contributed by atoms with Crippen LogP contribution in [-0.4, -0.2) is 20.4 Å². The fraction of sp³-hybridized carbons (Fsp3) is 0. The summed E-state index contributed by atoms with van der Waals surface area (Å²) >= 11 is 0. The smallest absolute Gasteiger partial charge is 0.131 e. The first-order valence-corrected chi connectivity index (χ1v) is 7.45. The second-order valence-electron chi connectivity index (χ2n) is 5.67. The summed E-state index contributed by atoms with van der Waals surface area (Å²) < 4.78 is 0. The SMILES string of the molecule is Oc1cccc2c(O)c(-c3cc(O)c4ccccc4c3O)ccc12. The monoisotopic (exact) mass is 318 g/mol. The van der Waals surface area contributed by atoms with Gasteiger partial charge in [-0.25, -0.2) is 0 Å². The molecule has 0 amide bonds. The number of hydrogen-bond donors (Lipinski definition) is 4. The molecule has 4 aromatic rings. The summed E-state index contributed by atoms with van der Waals surface area (Å²) in [6, 6.07) is 16.5. The number of rotatable bonds is 1. The highest BCUT2D eigenvalue weighted by Gasteiger charge is 2.17. The third kappa shape index (κ3) is 1.93. The summed E-state index contributed by atoms with van der Waals surface area (Å²) in [7, 11) is 0. The molecule has 0 aliphatic rings. The summed E-state index contributed by atoms with van der Waals surface area (Å²) in [5, 5.41) is 43.4. The first-order valence-electron chi connectivity index (χ1n) is 7.45. The van der Waals surface area contributed by atoms with Gasteiger partial charge in [-0.3, -0.25) is 0 Å². The molecule has 0 spiro atoms. The van der Waals surface area contributed by atoms with Gasteiger partial charge in [-0.1, -0.05) is 36.4 Å². The molecule has 0 saturated heterocycles. The first-order chi connectivity index (χ1) is 11.6. The number of phenols is 4. The van der Waals surface area contributed by atoms with Crippen molar-refractivity contribution in [3.8, 4) is 34.1 Å². The summed E-state index contributed by atoms with van der Waals surface area (Å²) in [4.78, 5) is 0. The zero-order chi connectivity index (χ0) is 16.8. The standard InChI is InChI=1S/C20H14O4/c21-17-7-3-6-14-12(17)8-9-15(19(14)23)16-10-18(22)11-4-1-2-5-13(11)20(16)24/h1-10,21-24H. The van der Waals surface area contributed by atoms with Gasteiger partial charge < -0.3 is 20.4 Å². The van der Waals surface area contributed by atoms with Gasteiger partial charge in [-0.2, -0.15) is 0 Å². The van der Waals surface area contributed by atoms with Crippen molar-refractivity contribution in [1.29, 1.82) is 0 Å². The Morgan fingerprint density at radius 2 is 1.04 bits per heavy atom. The van der Waals surface area contributed by atoms with Crippen molar-refractivity contribution in [2.24, 2.45) is 0 Å². The van der Waals surface area contributed by atoms with Crippen molar-refractivity contribution < 1.29 is 20.4 Å². The van der Waals surface area contributed by atoms with Gasteiger partial charge in [-0.15, -0.1) is 0 Å².